The summed E-state index contributed by atoms with van der Waals surface area (Å²) >= 11 is 6.05. The van der Waals surface area contributed by atoms with Crippen LogP contribution in [0.15, 0.2) is 18.2 Å². The van der Waals surface area contributed by atoms with Gasteiger partial charge in [-0.1, -0.05) is 17.7 Å². The first kappa shape index (κ1) is 13.8. The van der Waals surface area contributed by atoms with Gasteiger partial charge in [-0.05, 0) is 17.7 Å². The van der Waals surface area contributed by atoms with Crippen molar-refractivity contribution >= 4 is 17.5 Å². The van der Waals surface area contributed by atoms with E-state index in [1.807, 2.05) is 7.05 Å². The summed E-state index contributed by atoms with van der Waals surface area (Å²) in [5.74, 6) is -0.310. The van der Waals surface area contributed by atoms with E-state index in [9.17, 15) is 9.18 Å². The van der Waals surface area contributed by atoms with E-state index >= 15 is 0 Å². The molecule has 108 valence electrons. The molecule has 0 bridgehead atoms. The minimum atomic E-state index is -0.331. The Bertz CT molecular complexity index is 540. The molecular formula is C14H16ClFN2O2. The topological polar surface area (TPSA) is 32.8 Å². The fourth-order valence-electron chi connectivity index (χ4n) is 2.85. The standard InChI is InChI=1S/C14H16ClFN2O2/c1-17-12-6-18(7-13(12)20-8-14(17)19)5-9-2-3-10(16)4-11(9)15/h2-4,12-13H,5-8H2,1H3/t12-,13-/m0/s1. The van der Waals surface area contributed by atoms with Crippen LogP contribution in [0.3, 0.4) is 0 Å². The van der Waals surface area contributed by atoms with E-state index in [1.54, 1.807) is 11.0 Å². The number of likely N-dealkylation sites (N-methyl/N-ethyl adjacent to an activating group) is 1. The van der Waals surface area contributed by atoms with Crippen LogP contribution in [0.5, 0.6) is 0 Å². The second-order valence-corrected chi connectivity index (χ2v) is 5.76. The van der Waals surface area contributed by atoms with Crippen molar-refractivity contribution in [2.45, 2.75) is 18.7 Å². The Kier molecular flexibility index (Phi) is 3.67. The van der Waals surface area contributed by atoms with Gasteiger partial charge in [0.15, 0.2) is 0 Å². The molecule has 0 unspecified atom stereocenters. The number of likely N-dealkylation sites (tertiary alicyclic amines) is 1. The first-order chi connectivity index (χ1) is 9.54. The minimum absolute atomic E-state index is 0.0212. The number of ether oxygens (including phenoxy) is 1. The number of nitrogens with zero attached hydrogens (tertiary/aromatic N) is 2. The van der Waals surface area contributed by atoms with Crippen LogP contribution >= 0.6 is 11.6 Å². The number of halogens is 2. The Hall–Kier alpha value is -1.17. The number of fused-ring (bicyclic) bond motifs is 1. The van der Waals surface area contributed by atoms with Crippen molar-refractivity contribution in [2.75, 3.05) is 26.7 Å². The van der Waals surface area contributed by atoms with Crippen molar-refractivity contribution in [3.8, 4) is 0 Å². The van der Waals surface area contributed by atoms with Gasteiger partial charge in [-0.25, -0.2) is 4.39 Å². The molecule has 1 aromatic carbocycles. The zero-order valence-electron chi connectivity index (χ0n) is 11.2. The van der Waals surface area contributed by atoms with E-state index in [0.29, 0.717) is 11.6 Å². The van der Waals surface area contributed by atoms with Gasteiger partial charge in [0, 0.05) is 31.7 Å². The molecule has 20 heavy (non-hydrogen) atoms. The van der Waals surface area contributed by atoms with Gasteiger partial charge >= 0.3 is 0 Å². The first-order valence-corrected chi connectivity index (χ1v) is 6.96. The molecule has 2 aliphatic rings. The largest absolute Gasteiger partial charge is 0.365 e. The van der Waals surface area contributed by atoms with Crippen molar-refractivity contribution in [2.24, 2.45) is 0 Å². The van der Waals surface area contributed by atoms with Crippen LogP contribution in [0.1, 0.15) is 5.56 Å². The number of benzene rings is 1. The Morgan fingerprint density at radius 2 is 2.25 bits per heavy atom. The number of carbonyl (C=O) groups excluding carboxylic acids is 1. The van der Waals surface area contributed by atoms with Gasteiger partial charge < -0.3 is 9.64 Å². The van der Waals surface area contributed by atoms with E-state index in [-0.39, 0.29) is 30.5 Å². The van der Waals surface area contributed by atoms with Gasteiger partial charge in [0.2, 0.25) is 5.91 Å². The summed E-state index contributed by atoms with van der Waals surface area (Å²) in [6.45, 7) is 2.30. The molecule has 2 fully saturated rings. The molecule has 2 atom stereocenters. The molecule has 0 aromatic heterocycles. The lowest BCUT2D eigenvalue weighted by molar-refractivity contribution is -0.150. The molecular weight excluding hydrogens is 283 g/mol. The zero-order valence-corrected chi connectivity index (χ0v) is 11.9. The average molecular weight is 299 g/mol. The Balaban J connectivity index is 1.70. The molecule has 0 saturated carbocycles. The van der Waals surface area contributed by atoms with Crippen molar-refractivity contribution in [1.29, 1.82) is 0 Å². The van der Waals surface area contributed by atoms with Gasteiger partial charge in [0.05, 0.1) is 12.1 Å². The minimum Gasteiger partial charge on any atom is -0.365 e. The van der Waals surface area contributed by atoms with Gasteiger partial charge in [-0.3, -0.25) is 9.69 Å². The van der Waals surface area contributed by atoms with E-state index in [1.165, 1.54) is 12.1 Å². The maximum Gasteiger partial charge on any atom is 0.248 e. The Labute approximate surface area is 122 Å². The highest BCUT2D eigenvalue weighted by Gasteiger charge is 2.41. The van der Waals surface area contributed by atoms with Crippen molar-refractivity contribution < 1.29 is 13.9 Å². The predicted octanol–water partition coefficient (Wildman–Crippen LogP) is 1.52. The quantitative estimate of drug-likeness (QED) is 0.830. The van der Waals surface area contributed by atoms with Gasteiger partial charge in [0.1, 0.15) is 12.4 Å². The third kappa shape index (κ3) is 2.53. The molecule has 4 nitrogen and oxygen atoms in total. The van der Waals surface area contributed by atoms with Gasteiger partial charge in [-0.15, -0.1) is 0 Å². The molecule has 0 radical (unpaired) electrons. The average Bonchev–Trinajstić information content (AvgIpc) is 2.81. The molecule has 6 heteroatoms. The van der Waals surface area contributed by atoms with Crippen LogP contribution in [-0.2, 0) is 16.1 Å². The molecule has 2 aliphatic heterocycles. The van der Waals surface area contributed by atoms with Crippen LogP contribution in [-0.4, -0.2) is 54.6 Å². The molecule has 2 saturated heterocycles. The highest BCUT2D eigenvalue weighted by Crippen LogP contribution is 2.26. The van der Waals surface area contributed by atoms with E-state index in [2.05, 4.69) is 4.90 Å². The summed E-state index contributed by atoms with van der Waals surface area (Å²) in [5.41, 5.74) is 0.890. The van der Waals surface area contributed by atoms with Crippen molar-refractivity contribution in [1.82, 2.24) is 9.80 Å². The smallest absolute Gasteiger partial charge is 0.248 e. The SMILES string of the molecule is CN1C(=O)CO[C@H]2CN(Cc3ccc(F)cc3Cl)C[C@@H]21. The molecule has 2 heterocycles. The number of carbonyl (C=O) groups is 1. The number of hydrogen-bond acceptors (Lipinski definition) is 3. The Morgan fingerprint density at radius 1 is 1.45 bits per heavy atom. The lowest BCUT2D eigenvalue weighted by Crippen LogP contribution is -2.51. The number of hydrogen-bond donors (Lipinski definition) is 0. The van der Waals surface area contributed by atoms with Crippen molar-refractivity contribution in [3.05, 3.63) is 34.6 Å². The summed E-state index contributed by atoms with van der Waals surface area (Å²) in [4.78, 5) is 15.6. The van der Waals surface area contributed by atoms with Gasteiger partial charge in [0.25, 0.3) is 0 Å². The van der Waals surface area contributed by atoms with Crippen LogP contribution in [0.2, 0.25) is 5.02 Å². The van der Waals surface area contributed by atoms with Crippen molar-refractivity contribution in [3.63, 3.8) is 0 Å². The molecule has 0 spiro atoms. The normalized spacial score (nSPS) is 26.9. The van der Waals surface area contributed by atoms with Crippen LogP contribution in [0.25, 0.3) is 0 Å². The zero-order chi connectivity index (χ0) is 14.3. The number of morpholine rings is 1. The maximum atomic E-state index is 13.0. The van der Waals surface area contributed by atoms with E-state index in [0.717, 1.165) is 18.7 Å². The highest BCUT2D eigenvalue weighted by molar-refractivity contribution is 6.31. The molecule has 0 aliphatic carbocycles. The summed E-state index contributed by atoms with van der Waals surface area (Å²) in [7, 11) is 1.82. The summed E-state index contributed by atoms with van der Waals surface area (Å²) < 4.78 is 18.6. The predicted molar refractivity (Wildman–Crippen MR) is 73.0 cm³/mol. The number of amides is 1. The summed E-state index contributed by atoms with van der Waals surface area (Å²) in [6, 6.07) is 4.54. The summed E-state index contributed by atoms with van der Waals surface area (Å²) in [5, 5.41) is 0.435. The monoisotopic (exact) mass is 298 g/mol. The Morgan fingerprint density at radius 3 is 3.00 bits per heavy atom. The van der Waals surface area contributed by atoms with E-state index in [4.69, 9.17) is 16.3 Å². The fraction of sp³-hybridized carbons (Fsp3) is 0.500. The molecule has 0 N–H and O–H groups in total. The number of rotatable bonds is 2. The maximum absolute atomic E-state index is 13.0. The van der Waals surface area contributed by atoms with E-state index < -0.39 is 0 Å². The third-order valence-corrected chi connectivity index (χ3v) is 4.39. The molecule has 3 rings (SSSR count). The first-order valence-electron chi connectivity index (χ1n) is 6.58. The third-order valence-electron chi connectivity index (χ3n) is 4.03. The highest BCUT2D eigenvalue weighted by atomic mass is 35.5. The van der Waals surface area contributed by atoms with Crippen LogP contribution < -0.4 is 0 Å². The molecule has 1 aromatic rings. The summed E-state index contributed by atoms with van der Waals surface area (Å²) in [6.07, 6.45) is 0.0527. The van der Waals surface area contributed by atoms with Gasteiger partial charge in [-0.2, -0.15) is 0 Å². The lowest BCUT2D eigenvalue weighted by Gasteiger charge is -2.33. The lowest BCUT2D eigenvalue weighted by atomic mass is 10.1. The second kappa shape index (κ2) is 5.31. The van der Waals surface area contributed by atoms with Crippen LogP contribution in [0.4, 0.5) is 4.39 Å². The second-order valence-electron chi connectivity index (χ2n) is 5.35. The molecule has 1 amide bonds. The van der Waals surface area contributed by atoms with Crippen LogP contribution in [0, 0.1) is 5.82 Å². The fourth-order valence-corrected chi connectivity index (χ4v) is 3.08.